The normalized spacial score (nSPS) is 18.3. The number of rotatable bonds is 0. The van der Waals surface area contributed by atoms with Crippen molar-refractivity contribution in [1.82, 2.24) is 0 Å². The van der Waals surface area contributed by atoms with Crippen molar-refractivity contribution in [2.24, 2.45) is 0 Å². The number of anilines is 2. The van der Waals surface area contributed by atoms with E-state index in [1.165, 1.54) is 6.07 Å². The number of halogens is 3. The van der Waals surface area contributed by atoms with Crippen LogP contribution in [0.25, 0.3) is 0 Å². The van der Waals surface area contributed by atoms with Gasteiger partial charge in [-0.2, -0.15) is 8.78 Å². The summed E-state index contributed by atoms with van der Waals surface area (Å²) in [6, 6.07) is 1.23. The first-order chi connectivity index (χ1) is 7.34. The average Bonchev–Trinajstić information content (AvgIpc) is 2.19. The van der Waals surface area contributed by atoms with Gasteiger partial charge in [0.2, 0.25) is 5.78 Å². The second-order valence-electron chi connectivity index (χ2n) is 3.75. The third-order valence-electron chi connectivity index (χ3n) is 2.70. The summed E-state index contributed by atoms with van der Waals surface area (Å²) < 4.78 is 26.4. The summed E-state index contributed by atoms with van der Waals surface area (Å²) in [5.41, 5.74) is 11.4. The molecular weight excluding hydrogens is 238 g/mol. The van der Waals surface area contributed by atoms with Crippen LogP contribution < -0.4 is 11.5 Å². The predicted octanol–water partition coefficient (Wildman–Crippen LogP) is 2.27. The largest absolute Gasteiger partial charge is 0.398 e. The fourth-order valence-corrected chi connectivity index (χ4v) is 2.08. The maximum atomic E-state index is 13.2. The van der Waals surface area contributed by atoms with Gasteiger partial charge in [-0.1, -0.05) is 11.6 Å². The molecule has 1 aromatic rings. The standard InChI is InChI=1S/C10H9ClF2N2O/c11-5-3-6(14)7-4(8(5)15)1-2-10(12,13)9(7)16/h3H,1-2,14-15H2. The molecule has 0 heterocycles. The van der Waals surface area contributed by atoms with Crippen LogP contribution in [0.1, 0.15) is 22.3 Å². The van der Waals surface area contributed by atoms with E-state index in [9.17, 15) is 13.6 Å². The fraction of sp³-hybridized carbons (Fsp3) is 0.300. The molecule has 4 N–H and O–H groups in total. The Morgan fingerprint density at radius 3 is 2.62 bits per heavy atom. The van der Waals surface area contributed by atoms with Gasteiger partial charge in [-0.3, -0.25) is 4.79 Å². The minimum atomic E-state index is -3.36. The van der Waals surface area contributed by atoms with Crippen LogP contribution in [0.3, 0.4) is 0 Å². The van der Waals surface area contributed by atoms with Gasteiger partial charge in [0, 0.05) is 12.1 Å². The number of nitrogen functional groups attached to an aromatic ring is 2. The number of hydrogen-bond acceptors (Lipinski definition) is 3. The lowest BCUT2D eigenvalue weighted by Crippen LogP contribution is -2.35. The van der Waals surface area contributed by atoms with Crippen molar-refractivity contribution < 1.29 is 13.6 Å². The van der Waals surface area contributed by atoms with Crippen molar-refractivity contribution in [3.05, 3.63) is 22.2 Å². The first-order valence-electron chi connectivity index (χ1n) is 4.63. The first kappa shape index (κ1) is 11.1. The van der Waals surface area contributed by atoms with E-state index >= 15 is 0 Å². The Labute approximate surface area is 95.4 Å². The molecule has 0 amide bonds. The number of Topliss-reactive ketones (excluding diaryl/α,β-unsaturated/α-hetero) is 1. The van der Waals surface area contributed by atoms with E-state index in [1.807, 2.05) is 0 Å². The quantitative estimate of drug-likeness (QED) is 0.690. The zero-order valence-corrected chi connectivity index (χ0v) is 8.94. The van der Waals surface area contributed by atoms with E-state index in [2.05, 4.69) is 0 Å². The Kier molecular flexibility index (Phi) is 2.31. The topological polar surface area (TPSA) is 69.1 Å². The number of benzene rings is 1. The van der Waals surface area contributed by atoms with Crippen molar-refractivity contribution in [2.75, 3.05) is 11.5 Å². The minimum Gasteiger partial charge on any atom is -0.398 e. The zero-order chi connectivity index (χ0) is 12.1. The molecule has 1 aliphatic rings. The highest BCUT2D eigenvalue weighted by Crippen LogP contribution is 2.40. The highest BCUT2D eigenvalue weighted by atomic mass is 35.5. The summed E-state index contributed by atoms with van der Waals surface area (Å²) in [6.45, 7) is 0. The number of hydrogen-bond donors (Lipinski definition) is 2. The van der Waals surface area contributed by atoms with Gasteiger partial charge in [0.05, 0.1) is 16.3 Å². The number of carbonyl (C=O) groups excluding carboxylic acids is 1. The molecule has 1 aromatic carbocycles. The molecule has 0 unspecified atom stereocenters. The Balaban J connectivity index is 2.70. The van der Waals surface area contributed by atoms with Crippen LogP contribution in [0.15, 0.2) is 6.07 Å². The van der Waals surface area contributed by atoms with Crippen molar-refractivity contribution in [3.63, 3.8) is 0 Å². The molecule has 0 spiro atoms. The molecule has 0 aliphatic heterocycles. The van der Waals surface area contributed by atoms with Gasteiger partial charge in [0.25, 0.3) is 0 Å². The Bertz CT molecular complexity index is 488. The van der Waals surface area contributed by atoms with Crippen molar-refractivity contribution in [3.8, 4) is 0 Å². The van der Waals surface area contributed by atoms with Gasteiger partial charge in [-0.15, -0.1) is 0 Å². The molecule has 0 atom stereocenters. The molecule has 0 bridgehead atoms. The molecule has 2 rings (SSSR count). The van der Waals surface area contributed by atoms with Crippen molar-refractivity contribution >= 4 is 28.8 Å². The van der Waals surface area contributed by atoms with Crippen LogP contribution in [-0.4, -0.2) is 11.7 Å². The Morgan fingerprint density at radius 2 is 2.00 bits per heavy atom. The lowest BCUT2D eigenvalue weighted by molar-refractivity contribution is 0.00220. The van der Waals surface area contributed by atoms with Crippen LogP contribution >= 0.6 is 11.6 Å². The van der Waals surface area contributed by atoms with Crippen LogP contribution in [-0.2, 0) is 6.42 Å². The Morgan fingerprint density at radius 1 is 1.38 bits per heavy atom. The number of ketones is 1. The van der Waals surface area contributed by atoms with Gasteiger partial charge in [0.1, 0.15) is 0 Å². The van der Waals surface area contributed by atoms with Crippen LogP contribution in [0, 0.1) is 0 Å². The molecule has 0 saturated heterocycles. The van der Waals surface area contributed by atoms with E-state index in [0.29, 0.717) is 5.56 Å². The zero-order valence-electron chi connectivity index (χ0n) is 8.19. The third-order valence-corrected chi connectivity index (χ3v) is 3.02. The SMILES string of the molecule is Nc1cc(Cl)c(N)c2c1C(=O)C(F)(F)CC2. The molecule has 6 heteroatoms. The van der Waals surface area contributed by atoms with Gasteiger partial charge < -0.3 is 11.5 Å². The van der Waals surface area contributed by atoms with Gasteiger partial charge in [-0.05, 0) is 18.1 Å². The van der Waals surface area contributed by atoms with Crippen molar-refractivity contribution in [2.45, 2.75) is 18.8 Å². The molecule has 0 saturated carbocycles. The van der Waals surface area contributed by atoms with Crippen LogP contribution in [0.5, 0.6) is 0 Å². The highest BCUT2D eigenvalue weighted by molar-refractivity contribution is 6.34. The number of fused-ring (bicyclic) bond motifs is 1. The van der Waals surface area contributed by atoms with Crippen LogP contribution in [0.4, 0.5) is 20.2 Å². The predicted molar refractivity (Wildman–Crippen MR) is 57.9 cm³/mol. The van der Waals surface area contributed by atoms with Gasteiger partial charge >= 0.3 is 5.92 Å². The summed E-state index contributed by atoms with van der Waals surface area (Å²) in [4.78, 5) is 11.5. The fourth-order valence-electron chi connectivity index (χ4n) is 1.85. The number of carbonyl (C=O) groups is 1. The van der Waals surface area contributed by atoms with Gasteiger partial charge in [-0.25, -0.2) is 0 Å². The van der Waals surface area contributed by atoms with E-state index in [4.69, 9.17) is 23.1 Å². The summed E-state index contributed by atoms with van der Waals surface area (Å²) in [6.07, 6.45) is -0.548. The molecule has 0 aromatic heterocycles. The lowest BCUT2D eigenvalue weighted by atomic mass is 9.86. The smallest absolute Gasteiger partial charge is 0.310 e. The van der Waals surface area contributed by atoms with E-state index in [0.717, 1.165) is 0 Å². The average molecular weight is 247 g/mol. The summed E-state index contributed by atoms with van der Waals surface area (Å²) in [5, 5.41) is 0.189. The second-order valence-corrected chi connectivity index (χ2v) is 4.16. The van der Waals surface area contributed by atoms with E-state index in [-0.39, 0.29) is 28.4 Å². The minimum absolute atomic E-state index is 0.00463. The molecule has 86 valence electrons. The van der Waals surface area contributed by atoms with Gasteiger partial charge in [0.15, 0.2) is 0 Å². The second kappa shape index (κ2) is 3.31. The lowest BCUT2D eigenvalue weighted by Gasteiger charge is -2.25. The number of alkyl halides is 2. The summed E-state index contributed by atoms with van der Waals surface area (Å²) >= 11 is 5.77. The maximum Gasteiger partial charge on any atom is 0.310 e. The summed E-state index contributed by atoms with van der Waals surface area (Å²) in [7, 11) is 0. The van der Waals surface area contributed by atoms with E-state index < -0.39 is 18.1 Å². The highest BCUT2D eigenvalue weighted by Gasteiger charge is 2.45. The van der Waals surface area contributed by atoms with Crippen molar-refractivity contribution in [1.29, 1.82) is 0 Å². The third kappa shape index (κ3) is 1.43. The van der Waals surface area contributed by atoms with Crippen LogP contribution in [0.2, 0.25) is 5.02 Å². The number of nitrogens with two attached hydrogens (primary N) is 2. The summed E-state index contributed by atoms with van der Waals surface area (Å²) in [5.74, 6) is -4.63. The molecule has 0 fully saturated rings. The molecule has 16 heavy (non-hydrogen) atoms. The molecular formula is C10H9ClF2N2O. The molecule has 1 aliphatic carbocycles. The maximum absolute atomic E-state index is 13.2. The Hall–Kier alpha value is -1.36. The van der Waals surface area contributed by atoms with E-state index in [1.54, 1.807) is 0 Å². The molecule has 3 nitrogen and oxygen atoms in total. The molecule has 0 radical (unpaired) electrons. The monoisotopic (exact) mass is 246 g/mol. The first-order valence-corrected chi connectivity index (χ1v) is 5.01.